The molecule has 2 aromatic rings. The maximum Gasteiger partial charge on any atom is 0.414 e. The minimum Gasteiger partial charge on any atom is -0.491 e. The Balaban J connectivity index is 1.66. The van der Waals surface area contributed by atoms with Crippen molar-refractivity contribution in [3.63, 3.8) is 0 Å². The largest absolute Gasteiger partial charge is 0.491 e. The molecule has 0 fully saturated rings. The fourth-order valence-electron chi connectivity index (χ4n) is 5.06. The molecule has 0 bridgehead atoms. The summed E-state index contributed by atoms with van der Waals surface area (Å²) in [6.07, 6.45) is 3.65. The van der Waals surface area contributed by atoms with Crippen molar-refractivity contribution in [2.24, 2.45) is 0 Å². The topological polar surface area (TPSA) is 106 Å². The summed E-state index contributed by atoms with van der Waals surface area (Å²) in [5.41, 5.74) is 4.20. The first-order chi connectivity index (χ1) is 19.5. The number of pyridine rings is 2. The van der Waals surface area contributed by atoms with Gasteiger partial charge in [-0.25, -0.2) is 19.6 Å². The molecule has 1 N–H and O–H groups in total. The second kappa shape index (κ2) is 11.8. The number of ether oxygens (including phenoxy) is 3. The summed E-state index contributed by atoms with van der Waals surface area (Å²) in [4.78, 5) is 38.5. The van der Waals surface area contributed by atoms with Crippen LogP contribution in [0.5, 0.6) is 5.75 Å². The third-order valence-corrected chi connectivity index (χ3v) is 7.14. The molecule has 2 amide bonds. The lowest BCUT2D eigenvalue weighted by Gasteiger charge is -2.30. The lowest BCUT2D eigenvalue weighted by molar-refractivity contribution is 0.0201. The van der Waals surface area contributed by atoms with Gasteiger partial charge in [0.2, 0.25) is 0 Å². The van der Waals surface area contributed by atoms with E-state index < -0.39 is 17.3 Å². The Hall–Kier alpha value is -3.82. The van der Waals surface area contributed by atoms with Gasteiger partial charge in [0, 0.05) is 48.9 Å². The normalized spacial score (nSPS) is 17.0. The average Bonchev–Trinajstić information content (AvgIpc) is 3.23. The Morgan fingerprint density at radius 3 is 2.40 bits per heavy atom. The van der Waals surface area contributed by atoms with Gasteiger partial charge in [-0.05, 0) is 86.8 Å². The van der Waals surface area contributed by atoms with E-state index in [0.717, 1.165) is 46.7 Å². The Labute approximate surface area is 249 Å². The van der Waals surface area contributed by atoms with E-state index in [0.29, 0.717) is 36.9 Å². The van der Waals surface area contributed by atoms with Crippen molar-refractivity contribution >= 4 is 35.1 Å². The zero-order chi connectivity index (χ0) is 31.0. The average molecular weight is 580 g/mol. The van der Waals surface area contributed by atoms with E-state index in [1.54, 1.807) is 11.9 Å². The molecule has 4 rings (SSSR count). The number of fused-ring (bicyclic) bond motifs is 1. The monoisotopic (exact) mass is 579 g/mol. The number of nitrogens with one attached hydrogen (secondary N) is 1. The van der Waals surface area contributed by atoms with Crippen LogP contribution < -0.4 is 15.0 Å². The van der Waals surface area contributed by atoms with Crippen LogP contribution in [0.4, 0.5) is 26.9 Å². The standard InChI is InChI=1S/C32H45N5O5/c1-19-17-23(36(10)29(38)41-31(4,5)6)18-25(33-19)35-28-21(3)26(27-24(34-28)14-16-40-27)22-12-11-20(2)37(15-13-22)30(39)42-32(7,8)9/h13,17-18,20H,11-12,14-16H2,1-10H3,(H,33,34,35). The molecule has 0 saturated heterocycles. The second-order valence-corrected chi connectivity index (χ2v) is 13.1. The van der Waals surface area contributed by atoms with E-state index in [-0.39, 0.29) is 12.1 Å². The predicted molar refractivity (Wildman–Crippen MR) is 165 cm³/mol. The third-order valence-electron chi connectivity index (χ3n) is 7.14. The minimum atomic E-state index is -0.604. The SMILES string of the molecule is Cc1cc(N(C)C(=O)OC(C)(C)C)cc(Nc2nc3c(c(C4=CCN(C(=O)OC(C)(C)C)C(C)CC4)c2C)OCC3)n1. The molecule has 10 nitrogen and oxygen atoms in total. The zero-order valence-corrected chi connectivity index (χ0v) is 26.7. The molecule has 0 aromatic carbocycles. The number of hydrogen-bond acceptors (Lipinski definition) is 8. The van der Waals surface area contributed by atoms with Gasteiger partial charge < -0.3 is 24.4 Å². The van der Waals surface area contributed by atoms with Gasteiger partial charge in [0.1, 0.15) is 28.6 Å². The quantitative estimate of drug-likeness (QED) is 0.415. The van der Waals surface area contributed by atoms with Crippen LogP contribution in [0.2, 0.25) is 0 Å². The van der Waals surface area contributed by atoms with E-state index in [9.17, 15) is 9.59 Å². The van der Waals surface area contributed by atoms with Crippen LogP contribution in [0.1, 0.15) is 83.8 Å². The summed E-state index contributed by atoms with van der Waals surface area (Å²) in [5.74, 6) is 2.06. The van der Waals surface area contributed by atoms with Crippen molar-refractivity contribution in [3.05, 3.63) is 40.7 Å². The maximum atomic E-state index is 12.9. The summed E-state index contributed by atoms with van der Waals surface area (Å²) in [6, 6.07) is 3.68. The second-order valence-electron chi connectivity index (χ2n) is 13.1. The number of rotatable bonds is 4. The minimum absolute atomic E-state index is 0.0270. The van der Waals surface area contributed by atoms with Crippen molar-refractivity contribution < 1.29 is 23.8 Å². The van der Waals surface area contributed by atoms with Crippen LogP contribution >= 0.6 is 0 Å². The number of hydrogen-bond donors (Lipinski definition) is 1. The van der Waals surface area contributed by atoms with E-state index >= 15 is 0 Å². The van der Waals surface area contributed by atoms with Gasteiger partial charge in [-0.3, -0.25) is 4.90 Å². The van der Waals surface area contributed by atoms with E-state index in [4.69, 9.17) is 19.2 Å². The highest BCUT2D eigenvalue weighted by Gasteiger charge is 2.30. The number of carbonyl (C=O) groups excluding carboxylic acids is 2. The van der Waals surface area contributed by atoms with Crippen LogP contribution in [0, 0.1) is 13.8 Å². The predicted octanol–water partition coefficient (Wildman–Crippen LogP) is 6.95. The van der Waals surface area contributed by atoms with Crippen molar-refractivity contribution in [1.82, 2.24) is 14.9 Å². The molecular weight excluding hydrogens is 534 g/mol. The van der Waals surface area contributed by atoms with Gasteiger partial charge in [0.15, 0.2) is 0 Å². The summed E-state index contributed by atoms with van der Waals surface area (Å²) in [6.45, 7) is 18.1. The first-order valence-corrected chi connectivity index (χ1v) is 14.6. The van der Waals surface area contributed by atoms with Gasteiger partial charge >= 0.3 is 12.2 Å². The van der Waals surface area contributed by atoms with Crippen LogP contribution in [0.15, 0.2) is 18.2 Å². The lowest BCUT2D eigenvalue weighted by atomic mass is 9.94. The molecule has 0 aliphatic carbocycles. The van der Waals surface area contributed by atoms with E-state index in [1.165, 1.54) is 4.90 Å². The number of anilines is 3. The van der Waals surface area contributed by atoms with Crippen molar-refractivity contribution in [3.8, 4) is 5.75 Å². The summed E-state index contributed by atoms with van der Waals surface area (Å²) >= 11 is 0. The van der Waals surface area contributed by atoms with E-state index in [1.807, 2.05) is 67.5 Å². The maximum absolute atomic E-state index is 12.9. The molecule has 10 heteroatoms. The molecule has 1 atom stereocenters. The Morgan fingerprint density at radius 2 is 1.74 bits per heavy atom. The molecule has 2 aromatic heterocycles. The van der Waals surface area contributed by atoms with Crippen LogP contribution in [-0.4, -0.2) is 64.5 Å². The molecule has 2 aliphatic heterocycles. The van der Waals surface area contributed by atoms with Crippen molar-refractivity contribution in [1.29, 1.82) is 0 Å². The van der Waals surface area contributed by atoms with E-state index in [2.05, 4.69) is 23.3 Å². The number of nitrogens with zero attached hydrogens (tertiary/aromatic N) is 4. The molecule has 0 saturated carbocycles. The highest BCUT2D eigenvalue weighted by molar-refractivity contribution is 5.88. The molecular formula is C32H45N5O5. The fraction of sp³-hybridized carbons (Fsp3) is 0.562. The first-order valence-electron chi connectivity index (χ1n) is 14.6. The zero-order valence-electron chi connectivity index (χ0n) is 26.7. The van der Waals surface area contributed by atoms with Gasteiger partial charge in [-0.15, -0.1) is 0 Å². The van der Waals surface area contributed by atoms with Gasteiger partial charge in [-0.1, -0.05) is 6.08 Å². The Morgan fingerprint density at radius 1 is 1.05 bits per heavy atom. The summed E-state index contributed by atoms with van der Waals surface area (Å²) < 4.78 is 17.3. The number of aryl methyl sites for hydroxylation is 1. The number of carbonyl (C=O) groups is 2. The molecule has 42 heavy (non-hydrogen) atoms. The number of aromatic nitrogens is 2. The van der Waals surface area contributed by atoms with Crippen LogP contribution in [0.3, 0.4) is 0 Å². The molecule has 228 valence electrons. The summed E-state index contributed by atoms with van der Waals surface area (Å²) in [5, 5.41) is 3.41. The number of allylic oxidation sites excluding steroid dienone is 1. The molecule has 1 unspecified atom stereocenters. The first kappa shape index (κ1) is 31.1. The van der Waals surface area contributed by atoms with Gasteiger partial charge in [0.25, 0.3) is 0 Å². The molecule has 4 heterocycles. The van der Waals surface area contributed by atoms with Crippen molar-refractivity contribution in [2.45, 2.75) is 98.8 Å². The fourth-order valence-corrected chi connectivity index (χ4v) is 5.06. The smallest absolute Gasteiger partial charge is 0.414 e. The molecule has 0 spiro atoms. The molecule has 0 radical (unpaired) electrons. The van der Waals surface area contributed by atoms with Gasteiger partial charge in [-0.2, -0.15) is 0 Å². The van der Waals surface area contributed by atoms with Crippen molar-refractivity contribution in [2.75, 3.05) is 30.4 Å². The summed E-state index contributed by atoms with van der Waals surface area (Å²) in [7, 11) is 1.68. The number of amides is 2. The highest BCUT2D eigenvalue weighted by atomic mass is 16.6. The van der Waals surface area contributed by atoms with Crippen LogP contribution in [-0.2, 0) is 15.9 Å². The molecule has 2 aliphatic rings. The Kier molecular flexibility index (Phi) is 8.76. The van der Waals surface area contributed by atoms with Gasteiger partial charge in [0.05, 0.1) is 18.0 Å². The highest BCUT2D eigenvalue weighted by Crippen LogP contribution is 2.41. The lowest BCUT2D eigenvalue weighted by Crippen LogP contribution is -2.41. The van der Waals surface area contributed by atoms with Crippen LogP contribution in [0.25, 0.3) is 5.57 Å². The third kappa shape index (κ3) is 7.33. The Bertz CT molecular complexity index is 1390.